The van der Waals surface area contributed by atoms with Gasteiger partial charge in [-0.05, 0) is 34.5 Å². The summed E-state index contributed by atoms with van der Waals surface area (Å²) in [6, 6.07) is 20.2. The molecule has 0 aliphatic rings. The van der Waals surface area contributed by atoms with Crippen molar-refractivity contribution in [1.82, 2.24) is 5.32 Å². The van der Waals surface area contributed by atoms with Crippen LogP contribution in [0, 0.1) is 0 Å². The molecule has 0 aliphatic heterocycles. The van der Waals surface area contributed by atoms with E-state index < -0.39 is 0 Å². The van der Waals surface area contributed by atoms with Gasteiger partial charge in [0.05, 0.1) is 0 Å². The number of hydrogen-bond acceptors (Lipinski definition) is 2. The molecule has 0 atom stereocenters. The van der Waals surface area contributed by atoms with Crippen molar-refractivity contribution in [1.29, 1.82) is 0 Å². The summed E-state index contributed by atoms with van der Waals surface area (Å²) in [7, 11) is 0. The van der Waals surface area contributed by atoms with E-state index in [1.165, 1.54) is 10.8 Å². The van der Waals surface area contributed by atoms with E-state index in [1.54, 1.807) is 0 Å². The van der Waals surface area contributed by atoms with E-state index in [2.05, 4.69) is 42.2 Å². The molecule has 2 nitrogen and oxygen atoms in total. The SMILES string of the molecule is C=CCNCc1c(OCc2cccc(Cl)c2)ccc2ccccc12. The minimum atomic E-state index is 0.493. The highest BCUT2D eigenvalue weighted by Gasteiger charge is 2.09. The largest absolute Gasteiger partial charge is 0.489 e. The summed E-state index contributed by atoms with van der Waals surface area (Å²) >= 11 is 6.05. The zero-order valence-electron chi connectivity index (χ0n) is 13.5. The van der Waals surface area contributed by atoms with Gasteiger partial charge in [-0.3, -0.25) is 0 Å². The van der Waals surface area contributed by atoms with Crippen molar-refractivity contribution in [3.8, 4) is 5.75 Å². The van der Waals surface area contributed by atoms with E-state index in [0.29, 0.717) is 6.61 Å². The smallest absolute Gasteiger partial charge is 0.124 e. The Morgan fingerprint density at radius 3 is 2.75 bits per heavy atom. The lowest BCUT2D eigenvalue weighted by Gasteiger charge is -2.15. The van der Waals surface area contributed by atoms with Crippen LogP contribution in [0.15, 0.2) is 73.3 Å². The predicted molar refractivity (Wildman–Crippen MR) is 102 cm³/mol. The topological polar surface area (TPSA) is 21.3 Å². The Bertz CT molecular complexity index is 844. The minimum Gasteiger partial charge on any atom is -0.489 e. The molecule has 0 heterocycles. The quantitative estimate of drug-likeness (QED) is 0.463. The predicted octanol–water partition coefficient (Wildman–Crippen LogP) is 5.35. The van der Waals surface area contributed by atoms with Crippen molar-refractivity contribution in [3.63, 3.8) is 0 Å². The number of nitrogens with one attached hydrogen (secondary N) is 1. The fraction of sp³-hybridized carbons (Fsp3) is 0.143. The molecule has 0 spiro atoms. The number of rotatable bonds is 7. The fourth-order valence-corrected chi connectivity index (χ4v) is 2.93. The zero-order valence-corrected chi connectivity index (χ0v) is 14.2. The average molecular weight is 338 g/mol. The van der Waals surface area contributed by atoms with Crippen molar-refractivity contribution in [2.45, 2.75) is 13.2 Å². The van der Waals surface area contributed by atoms with Gasteiger partial charge >= 0.3 is 0 Å². The van der Waals surface area contributed by atoms with Crippen LogP contribution < -0.4 is 10.1 Å². The molecule has 0 fully saturated rings. The molecule has 122 valence electrons. The minimum absolute atomic E-state index is 0.493. The molecular weight excluding hydrogens is 318 g/mol. The molecule has 3 aromatic carbocycles. The molecular formula is C21H20ClNO. The van der Waals surface area contributed by atoms with Crippen LogP contribution >= 0.6 is 11.6 Å². The van der Waals surface area contributed by atoms with Crippen molar-refractivity contribution < 1.29 is 4.74 Å². The molecule has 0 saturated carbocycles. The van der Waals surface area contributed by atoms with Crippen LogP contribution in [0.5, 0.6) is 5.75 Å². The van der Waals surface area contributed by atoms with Crippen molar-refractivity contribution >= 4 is 22.4 Å². The third kappa shape index (κ3) is 3.97. The second-order valence-corrected chi connectivity index (χ2v) is 6.04. The Labute approximate surface area is 147 Å². The van der Waals surface area contributed by atoms with Gasteiger partial charge in [-0.1, -0.05) is 60.1 Å². The molecule has 24 heavy (non-hydrogen) atoms. The lowest BCUT2D eigenvalue weighted by Crippen LogP contribution is -2.14. The molecule has 3 aromatic rings. The summed E-state index contributed by atoms with van der Waals surface area (Å²) in [5.41, 5.74) is 2.22. The van der Waals surface area contributed by atoms with Gasteiger partial charge in [0.2, 0.25) is 0 Å². The Morgan fingerprint density at radius 2 is 1.92 bits per heavy atom. The Balaban J connectivity index is 1.87. The molecule has 3 rings (SSSR count). The second kappa shape index (κ2) is 8.00. The van der Waals surface area contributed by atoms with Gasteiger partial charge in [0.15, 0.2) is 0 Å². The van der Waals surface area contributed by atoms with Gasteiger partial charge in [0.25, 0.3) is 0 Å². The van der Waals surface area contributed by atoms with Gasteiger partial charge in [-0.25, -0.2) is 0 Å². The molecule has 3 heteroatoms. The number of benzene rings is 3. The number of halogens is 1. The lowest BCUT2D eigenvalue weighted by atomic mass is 10.0. The Hall–Kier alpha value is -2.29. The van der Waals surface area contributed by atoms with E-state index in [4.69, 9.17) is 16.3 Å². The van der Waals surface area contributed by atoms with Crippen LogP contribution in [-0.2, 0) is 13.2 Å². The van der Waals surface area contributed by atoms with Crippen LogP contribution in [0.3, 0.4) is 0 Å². The molecule has 0 radical (unpaired) electrons. The summed E-state index contributed by atoms with van der Waals surface area (Å²) in [4.78, 5) is 0. The van der Waals surface area contributed by atoms with Crippen LogP contribution in [0.1, 0.15) is 11.1 Å². The summed E-state index contributed by atoms with van der Waals surface area (Å²) in [5, 5.41) is 6.51. The maximum Gasteiger partial charge on any atom is 0.124 e. The van der Waals surface area contributed by atoms with Crippen LogP contribution in [0.25, 0.3) is 10.8 Å². The first kappa shape index (κ1) is 16.6. The van der Waals surface area contributed by atoms with E-state index in [1.807, 2.05) is 36.4 Å². The van der Waals surface area contributed by atoms with Crippen molar-refractivity contribution in [3.05, 3.63) is 89.5 Å². The maximum absolute atomic E-state index is 6.09. The third-order valence-electron chi connectivity index (χ3n) is 3.87. The number of fused-ring (bicyclic) bond motifs is 1. The molecule has 0 saturated heterocycles. The Kier molecular flexibility index (Phi) is 5.52. The lowest BCUT2D eigenvalue weighted by molar-refractivity contribution is 0.303. The summed E-state index contributed by atoms with van der Waals surface area (Å²) < 4.78 is 6.09. The molecule has 0 amide bonds. The van der Waals surface area contributed by atoms with Gasteiger partial charge in [0.1, 0.15) is 12.4 Å². The van der Waals surface area contributed by atoms with E-state index in [-0.39, 0.29) is 0 Å². The maximum atomic E-state index is 6.09. The first-order chi connectivity index (χ1) is 11.8. The summed E-state index contributed by atoms with van der Waals surface area (Å²) in [6.07, 6.45) is 1.86. The molecule has 1 N–H and O–H groups in total. The number of ether oxygens (including phenoxy) is 1. The van der Waals surface area contributed by atoms with E-state index in [9.17, 15) is 0 Å². The van der Waals surface area contributed by atoms with Crippen LogP contribution in [-0.4, -0.2) is 6.54 Å². The van der Waals surface area contributed by atoms with Crippen LogP contribution in [0.4, 0.5) is 0 Å². The van der Waals surface area contributed by atoms with E-state index in [0.717, 1.165) is 35.0 Å². The average Bonchev–Trinajstić information content (AvgIpc) is 2.61. The summed E-state index contributed by atoms with van der Waals surface area (Å²) in [5.74, 6) is 0.894. The normalized spacial score (nSPS) is 10.7. The van der Waals surface area contributed by atoms with E-state index >= 15 is 0 Å². The molecule has 0 aliphatic carbocycles. The zero-order chi connectivity index (χ0) is 16.8. The van der Waals surface area contributed by atoms with Crippen molar-refractivity contribution in [2.75, 3.05) is 6.54 Å². The van der Waals surface area contributed by atoms with Gasteiger partial charge in [0, 0.05) is 23.7 Å². The highest BCUT2D eigenvalue weighted by atomic mass is 35.5. The standard InChI is InChI=1S/C21H20ClNO/c1-2-12-23-14-20-19-9-4-3-7-17(19)10-11-21(20)24-15-16-6-5-8-18(22)13-16/h2-11,13,23H,1,12,14-15H2. The highest BCUT2D eigenvalue weighted by Crippen LogP contribution is 2.29. The second-order valence-electron chi connectivity index (χ2n) is 5.60. The molecule has 0 unspecified atom stereocenters. The molecule has 0 bridgehead atoms. The monoisotopic (exact) mass is 337 g/mol. The van der Waals surface area contributed by atoms with Gasteiger partial charge in [-0.2, -0.15) is 0 Å². The first-order valence-corrected chi connectivity index (χ1v) is 8.35. The first-order valence-electron chi connectivity index (χ1n) is 7.97. The third-order valence-corrected chi connectivity index (χ3v) is 4.11. The Morgan fingerprint density at radius 1 is 1.04 bits per heavy atom. The van der Waals surface area contributed by atoms with Gasteiger partial charge in [-0.15, -0.1) is 6.58 Å². The van der Waals surface area contributed by atoms with Crippen molar-refractivity contribution in [2.24, 2.45) is 0 Å². The van der Waals surface area contributed by atoms with Crippen LogP contribution in [0.2, 0.25) is 5.02 Å². The molecule has 0 aromatic heterocycles. The fourth-order valence-electron chi connectivity index (χ4n) is 2.72. The van der Waals surface area contributed by atoms with Gasteiger partial charge < -0.3 is 10.1 Å². The number of hydrogen-bond donors (Lipinski definition) is 1. The summed E-state index contributed by atoms with van der Waals surface area (Å²) in [6.45, 7) is 5.74. The highest BCUT2D eigenvalue weighted by molar-refractivity contribution is 6.30.